The molecule has 0 radical (unpaired) electrons. The van der Waals surface area contributed by atoms with Crippen molar-refractivity contribution in [3.05, 3.63) is 48.3 Å². The Balaban J connectivity index is 1.88. The lowest BCUT2D eigenvalue weighted by atomic mass is 10.0. The van der Waals surface area contributed by atoms with Crippen molar-refractivity contribution in [3.63, 3.8) is 0 Å². The van der Waals surface area contributed by atoms with Gasteiger partial charge in [0, 0.05) is 23.2 Å². The van der Waals surface area contributed by atoms with Crippen LogP contribution in [0.1, 0.15) is 31.8 Å². The Hall–Kier alpha value is -3.01. The molecule has 0 unspecified atom stereocenters. The molecule has 0 N–H and O–H groups in total. The molecule has 0 saturated heterocycles. The number of benzene rings is 1. The van der Waals surface area contributed by atoms with Crippen molar-refractivity contribution in [3.8, 4) is 22.8 Å². The van der Waals surface area contributed by atoms with Gasteiger partial charge in [0.15, 0.2) is 0 Å². The van der Waals surface area contributed by atoms with Crippen molar-refractivity contribution < 1.29 is 31.4 Å². The maximum absolute atomic E-state index is 13.8. The van der Waals surface area contributed by atoms with Crippen LogP contribution in [0.2, 0.25) is 0 Å². The molecule has 2 aromatic heterocycles. The van der Waals surface area contributed by atoms with Gasteiger partial charge in [-0.2, -0.15) is 0 Å². The topological polar surface area (TPSA) is 47.5 Å². The molecule has 5 nitrogen and oxygen atoms in total. The summed E-state index contributed by atoms with van der Waals surface area (Å²) in [4.78, 5) is 10.4. The van der Waals surface area contributed by atoms with Crippen molar-refractivity contribution in [2.75, 3.05) is 20.7 Å². The van der Waals surface area contributed by atoms with E-state index in [0.717, 1.165) is 18.6 Å². The molecule has 1 aromatic carbocycles. The average Bonchev–Trinajstić information content (AvgIpc) is 2.74. The summed E-state index contributed by atoms with van der Waals surface area (Å²) in [6.07, 6.45) is -3.51. The van der Waals surface area contributed by atoms with Crippen LogP contribution in [-0.2, 0) is 0 Å². The first-order valence-corrected chi connectivity index (χ1v) is 10.3. The van der Waals surface area contributed by atoms with Crippen LogP contribution < -0.4 is 9.47 Å². The Morgan fingerprint density at radius 1 is 1.06 bits per heavy atom. The monoisotopic (exact) mass is 469 g/mol. The van der Waals surface area contributed by atoms with Gasteiger partial charge < -0.3 is 14.4 Å². The lowest BCUT2D eigenvalue weighted by molar-refractivity contribution is -0.274. The number of pyridine rings is 2. The summed E-state index contributed by atoms with van der Waals surface area (Å²) in [5.41, 5.74) is 0.544. The molecule has 0 aliphatic carbocycles. The van der Waals surface area contributed by atoms with Crippen LogP contribution >= 0.6 is 0 Å². The highest BCUT2D eigenvalue weighted by atomic mass is 19.4. The van der Waals surface area contributed by atoms with E-state index in [-0.39, 0.29) is 23.6 Å². The summed E-state index contributed by atoms with van der Waals surface area (Å²) in [7, 11) is 3.92. The number of halogens is 5. The van der Waals surface area contributed by atoms with Gasteiger partial charge in [0.25, 0.3) is 6.43 Å². The average molecular weight is 469 g/mol. The molecule has 0 spiro atoms. The van der Waals surface area contributed by atoms with E-state index >= 15 is 0 Å². The summed E-state index contributed by atoms with van der Waals surface area (Å²) in [6.45, 7) is 2.32. The number of ether oxygens (including phenoxy) is 2. The molecule has 2 heterocycles. The second kappa shape index (κ2) is 10.3. The minimum absolute atomic E-state index is 0.0225. The summed E-state index contributed by atoms with van der Waals surface area (Å²) in [5, 5.41) is 0.290. The highest BCUT2D eigenvalue weighted by Gasteiger charge is 2.31. The van der Waals surface area contributed by atoms with Crippen molar-refractivity contribution in [1.82, 2.24) is 14.9 Å². The lowest BCUT2D eigenvalue weighted by Gasteiger charge is -2.19. The van der Waals surface area contributed by atoms with Gasteiger partial charge in [-0.1, -0.05) is 0 Å². The van der Waals surface area contributed by atoms with E-state index in [1.165, 1.54) is 30.6 Å². The third-order valence-corrected chi connectivity index (χ3v) is 5.26. The normalized spacial score (nSPS) is 13.0. The number of alkyl halides is 5. The molecule has 0 amide bonds. The third kappa shape index (κ3) is 6.50. The molecular formula is C23H24F5N3O2. The Labute approximate surface area is 188 Å². The molecule has 0 saturated carbocycles. The molecule has 3 aromatic rings. The lowest BCUT2D eigenvalue weighted by Crippen LogP contribution is -2.24. The smallest absolute Gasteiger partial charge is 0.491 e. The highest BCUT2D eigenvalue weighted by Crippen LogP contribution is 2.35. The molecule has 0 bridgehead atoms. The molecule has 0 fully saturated rings. The van der Waals surface area contributed by atoms with Crippen LogP contribution in [0.3, 0.4) is 0 Å². The molecule has 1 atom stereocenters. The molecule has 3 rings (SSSR count). The molecular weight excluding hydrogens is 445 g/mol. The third-order valence-electron chi connectivity index (χ3n) is 5.26. The summed E-state index contributed by atoms with van der Waals surface area (Å²) in [6, 6.07) is 6.67. The van der Waals surface area contributed by atoms with Crippen LogP contribution in [0.25, 0.3) is 22.2 Å². The molecule has 0 aliphatic heterocycles. The first-order chi connectivity index (χ1) is 15.5. The van der Waals surface area contributed by atoms with Crippen LogP contribution in [0.15, 0.2) is 42.7 Å². The van der Waals surface area contributed by atoms with Crippen molar-refractivity contribution in [2.24, 2.45) is 0 Å². The Kier molecular flexibility index (Phi) is 7.68. The molecule has 0 aliphatic rings. The number of hydrogen-bond donors (Lipinski definition) is 0. The van der Waals surface area contributed by atoms with Gasteiger partial charge in [0.05, 0.1) is 29.6 Å². The minimum Gasteiger partial charge on any atom is -0.491 e. The van der Waals surface area contributed by atoms with Gasteiger partial charge in [-0.25, -0.2) is 8.78 Å². The zero-order chi connectivity index (χ0) is 24.2. The van der Waals surface area contributed by atoms with Gasteiger partial charge in [0.1, 0.15) is 11.5 Å². The minimum atomic E-state index is -4.86. The second-order valence-corrected chi connectivity index (χ2v) is 7.80. The summed E-state index contributed by atoms with van der Waals surface area (Å²) in [5.74, 6) is -0.462. The Morgan fingerprint density at radius 3 is 2.48 bits per heavy atom. The summed E-state index contributed by atoms with van der Waals surface area (Å²) >= 11 is 0. The fraction of sp³-hybridized carbons (Fsp3) is 0.391. The van der Waals surface area contributed by atoms with E-state index < -0.39 is 18.5 Å². The van der Waals surface area contributed by atoms with Gasteiger partial charge in [0.2, 0.25) is 0 Å². The van der Waals surface area contributed by atoms with Gasteiger partial charge in [-0.05, 0) is 64.2 Å². The first-order valence-electron chi connectivity index (χ1n) is 10.3. The molecule has 10 heteroatoms. The maximum Gasteiger partial charge on any atom is 0.573 e. The predicted octanol–water partition coefficient (Wildman–Crippen LogP) is 6.24. The Morgan fingerprint density at radius 2 is 1.82 bits per heavy atom. The zero-order valence-electron chi connectivity index (χ0n) is 18.4. The fourth-order valence-electron chi connectivity index (χ4n) is 3.26. The number of aromatic nitrogens is 2. The van der Waals surface area contributed by atoms with Crippen LogP contribution in [0, 0.1) is 0 Å². The van der Waals surface area contributed by atoms with E-state index in [1.807, 2.05) is 14.1 Å². The van der Waals surface area contributed by atoms with Crippen molar-refractivity contribution in [2.45, 2.75) is 38.6 Å². The zero-order valence-corrected chi connectivity index (χ0v) is 18.4. The van der Waals surface area contributed by atoms with E-state index in [4.69, 9.17) is 4.74 Å². The van der Waals surface area contributed by atoms with E-state index in [2.05, 4.69) is 26.5 Å². The summed E-state index contributed by atoms with van der Waals surface area (Å²) < 4.78 is 74.9. The number of fused-ring (bicyclic) bond motifs is 1. The SMILES string of the molecule is C[C@@H](CCCOc1cnc(-c2ccnc3ccc(OC(F)(F)F)cc23)cc1C(F)F)N(C)C. The van der Waals surface area contributed by atoms with Gasteiger partial charge in [-0.3, -0.25) is 9.97 Å². The fourth-order valence-corrected chi connectivity index (χ4v) is 3.26. The van der Waals surface area contributed by atoms with Crippen LogP contribution in [0.5, 0.6) is 11.5 Å². The van der Waals surface area contributed by atoms with Crippen LogP contribution in [-0.4, -0.2) is 48.0 Å². The van der Waals surface area contributed by atoms with Gasteiger partial charge in [-0.15, -0.1) is 13.2 Å². The number of hydrogen-bond acceptors (Lipinski definition) is 5. The van der Waals surface area contributed by atoms with E-state index in [9.17, 15) is 22.0 Å². The van der Waals surface area contributed by atoms with Crippen molar-refractivity contribution in [1.29, 1.82) is 0 Å². The first kappa shape index (κ1) is 24.6. The quantitative estimate of drug-likeness (QED) is 0.274. The molecule has 178 valence electrons. The number of nitrogens with zero attached hydrogens (tertiary/aromatic N) is 3. The standard InChI is InChI=1S/C23H24F5N3O2/c1-14(31(2)3)5-4-10-32-21-13-30-20(12-18(21)22(24)25)16-8-9-29-19-7-6-15(11-17(16)19)33-23(26,27)28/h6-9,11-14,22H,4-5,10H2,1-3H3/t14-/m0/s1. The van der Waals surface area contributed by atoms with E-state index in [1.54, 1.807) is 0 Å². The van der Waals surface area contributed by atoms with Gasteiger partial charge >= 0.3 is 6.36 Å². The van der Waals surface area contributed by atoms with Crippen LogP contribution in [0.4, 0.5) is 22.0 Å². The molecule has 33 heavy (non-hydrogen) atoms. The van der Waals surface area contributed by atoms with Crippen molar-refractivity contribution >= 4 is 10.9 Å². The predicted molar refractivity (Wildman–Crippen MR) is 114 cm³/mol. The Bertz CT molecular complexity index is 1090. The second-order valence-electron chi connectivity index (χ2n) is 7.80. The largest absolute Gasteiger partial charge is 0.573 e. The maximum atomic E-state index is 13.8. The van der Waals surface area contributed by atoms with E-state index in [0.29, 0.717) is 28.9 Å². The number of rotatable bonds is 9. The highest BCUT2D eigenvalue weighted by molar-refractivity contribution is 5.94.